The van der Waals surface area contributed by atoms with Gasteiger partial charge >= 0.3 is 5.69 Å². The van der Waals surface area contributed by atoms with Crippen molar-refractivity contribution in [3.05, 3.63) is 35.0 Å². The molecule has 0 aliphatic heterocycles. The Morgan fingerprint density at radius 2 is 2.50 bits per heavy atom. The van der Waals surface area contributed by atoms with Crippen LogP contribution in [0.15, 0.2) is 29.3 Å². The van der Waals surface area contributed by atoms with Gasteiger partial charge in [-0.15, -0.1) is 0 Å². The summed E-state index contributed by atoms with van der Waals surface area (Å²) >= 11 is 0. The molecule has 2 rings (SSSR count). The van der Waals surface area contributed by atoms with E-state index in [0.29, 0.717) is 0 Å². The van der Waals surface area contributed by atoms with E-state index in [4.69, 9.17) is 0 Å². The Morgan fingerprint density at radius 3 is 3.30 bits per heavy atom. The lowest BCUT2D eigenvalue weighted by molar-refractivity contribution is 0.881. The minimum atomic E-state index is -0.199. The van der Waals surface area contributed by atoms with E-state index >= 15 is 0 Å². The van der Waals surface area contributed by atoms with Crippen molar-refractivity contribution in [2.24, 2.45) is 0 Å². The van der Waals surface area contributed by atoms with Crippen LogP contribution in [0.2, 0.25) is 0 Å². The molecule has 0 fully saturated rings. The summed E-state index contributed by atoms with van der Waals surface area (Å²) in [5.74, 6) is 0. The van der Waals surface area contributed by atoms with E-state index in [-0.39, 0.29) is 5.69 Å². The van der Waals surface area contributed by atoms with E-state index < -0.39 is 0 Å². The quantitative estimate of drug-likeness (QED) is 0.553. The summed E-state index contributed by atoms with van der Waals surface area (Å²) < 4.78 is 1.31. The largest absolute Gasteiger partial charge is 0.346 e. The first-order valence-electron chi connectivity index (χ1n) is 2.89. The molecule has 10 heavy (non-hydrogen) atoms. The van der Waals surface area contributed by atoms with E-state index in [1.54, 1.807) is 18.5 Å². The van der Waals surface area contributed by atoms with Gasteiger partial charge in [-0.25, -0.2) is 4.79 Å². The van der Waals surface area contributed by atoms with E-state index in [0.717, 1.165) is 5.52 Å². The predicted molar refractivity (Wildman–Crippen MR) is 35.8 cm³/mol. The third-order valence-corrected chi connectivity index (χ3v) is 1.32. The number of aromatic nitrogens is 3. The number of fused-ring (bicyclic) bond motifs is 1. The molecule has 0 aliphatic carbocycles. The number of nitrogens with zero attached hydrogens (tertiary/aromatic N) is 2. The van der Waals surface area contributed by atoms with E-state index in [2.05, 4.69) is 10.1 Å². The Hall–Kier alpha value is -1.58. The molecule has 4 heteroatoms. The summed E-state index contributed by atoms with van der Waals surface area (Å²) in [6.45, 7) is 0. The third kappa shape index (κ3) is 0.556. The third-order valence-electron chi connectivity index (χ3n) is 1.32. The molecule has 0 amide bonds. The summed E-state index contributed by atoms with van der Waals surface area (Å²) in [5.41, 5.74) is 0.586. The maximum atomic E-state index is 10.8. The molecule has 2 aromatic rings. The van der Waals surface area contributed by atoms with Gasteiger partial charge in [0, 0.05) is 12.4 Å². The summed E-state index contributed by atoms with van der Waals surface area (Å²) in [5, 5.41) is 3.81. The van der Waals surface area contributed by atoms with Gasteiger partial charge in [0.25, 0.3) is 0 Å². The number of hydrogen-bond donors (Lipinski definition) is 1. The van der Waals surface area contributed by atoms with Crippen LogP contribution >= 0.6 is 0 Å². The highest BCUT2D eigenvalue weighted by atomic mass is 16.1. The second-order valence-corrected chi connectivity index (χ2v) is 1.95. The number of imidazole rings is 1. The fourth-order valence-electron chi connectivity index (χ4n) is 0.860. The zero-order valence-corrected chi connectivity index (χ0v) is 5.11. The van der Waals surface area contributed by atoms with Crippen LogP contribution in [-0.4, -0.2) is 14.6 Å². The van der Waals surface area contributed by atoms with Gasteiger partial charge in [0.15, 0.2) is 0 Å². The number of rotatable bonds is 0. The molecule has 1 N–H and O–H groups in total. The normalized spacial score (nSPS) is 10.4. The van der Waals surface area contributed by atoms with Gasteiger partial charge in [0.1, 0.15) is 0 Å². The van der Waals surface area contributed by atoms with E-state index in [9.17, 15) is 4.79 Å². The second-order valence-electron chi connectivity index (χ2n) is 1.95. The summed E-state index contributed by atoms with van der Waals surface area (Å²) in [6.07, 6.45) is 3.19. The van der Waals surface area contributed by atoms with Crippen molar-refractivity contribution in [3.8, 4) is 0 Å². The second kappa shape index (κ2) is 1.70. The Bertz CT molecular complexity index is 400. The van der Waals surface area contributed by atoms with Crippen molar-refractivity contribution in [1.29, 1.82) is 0 Å². The lowest BCUT2D eigenvalue weighted by Crippen LogP contribution is -2.10. The Labute approximate surface area is 56.1 Å². The number of nitrogens with one attached hydrogen (secondary N) is 1. The zero-order chi connectivity index (χ0) is 6.97. The fourth-order valence-corrected chi connectivity index (χ4v) is 0.860. The molecule has 2 aromatic heterocycles. The minimum Gasteiger partial charge on any atom is -0.311 e. The standard InChI is InChI=1S/C6H5N3O/c10-6-7-4-5-2-1-3-8-9(5)6/h1-4H,(H,7,10). The molecule has 0 atom stereocenters. The first-order valence-corrected chi connectivity index (χ1v) is 2.89. The highest BCUT2D eigenvalue weighted by Gasteiger charge is 1.93. The molecule has 0 bridgehead atoms. The molecule has 0 saturated carbocycles. The van der Waals surface area contributed by atoms with Gasteiger partial charge < -0.3 is 4.98 Å². The first kappa shape index (κ1) is 5.22. The topological polar surface area (TPSA) is 50.2 Å². The lowest BCUT2D eigenvalue weighted by atomic mass is 10.5. The van der Waals surface area contributed by atoms with Gasteiger partial charge in [0.2, 0.25) is 0 Å². The lowest BCUT2D eigenvalue weighted by Gasteiger charge is -1.84. The zero-order valence-electron chi connectivity index (χ0n) is 5.11. The molecule has 0 spiro atoms. The van der Waals surface area contributed by atoms with Crippen molar-refractivity contribution >= 4 is 5.52 Å². The van der Waals surface area contributed by atoms with Crippen LogP contribution in [-0.2, 0) is 0 Å². The van der Waals surface area contributed by atoms with Crippen LogP contribution in [0.5, 0.6) is 0 Å². The van der Waals surface area contributed by atoms with Crippen molar-refractivity contribution in [2.75, 3.05) is 0 Å². The van der Waals surface area contributed by atoms with Crippen LogP contribution in [0.1, 0.15) is 0 Å². The van der Waals surface area contributed by atoms with Crippen molar-refractivity contribution in [2.45, 2.75) is 0 Å². The van der Waals surface area contributed by atoms with Crippen LogP contribution < -0.4 is 5.69 Å². The van der Waals surface area contributed by atoms with Gasteiger partial charge in [-0.2, -0.15) is 9.61 Å². The fraction of sp³-hybridized carbons (Fsp3) is 0. The average Bonchev–Trinajstić information content (AvgIpc) is 2.34. The van der Waals surface area contributed by atoms with Crippen LogP contribution in [0.25, 0.3) is 5.52 Å². The number of hydrogen-bond acceptors (Lipinski definition) is 2. The first-order chi connectivity index (χ1) is 4.88. The summed E-state index contributed by atoms with van der Waals surface area (Å²) in [4.78, 5) is 13.3. The van der Waals surface area contributed by atoms with Gasteiger partial charge in [-0.1, -0.05) is 0 Å². The predicted octanol–water partition coefficient (Wildman–Crippen LogP) is 0.0226. The molecule has 0 radical (unpaired) electrons. The molecule has 0 aliphatic rings. The van der Waals surface area contributed by atoms with Crippen molar-refractivity contribution in [3.63, 3.8) is 0 Å². The Balaban J connectivity index is 3.07. The molecule has 4 nitrogen and oxygen atoms in total. The number of aromatic amines is 1. The summed E-state index contributed by atoms with van der Waals surface area (Å²) in [6, 6.07) is 3.59. The van der Waals surface area contributed by atoms with E-state index in [1.165, 1.54) is 4.52 Å². The Morgan fingerprint density at radius 1 is 1.60 bits per heavy atom. The maximum absolute atomic E-state index is 10.8. The monoisotopic (exact) mass is 135 g/mol. The number of H-pyrrole nitrogens is 1. The highest BCUT2D eigenvalue weighted by molar-refractivity contribution is 5.41. The van der Waals surface area contributed by atoms with Gasteiger partial charge in [-0.3, -0.25) is 0 Å². The smallest absolute Gasteiger partial charge is 0.311 e. The highest BCUT2D eigenvalue weighted by Crippen LogP contribution is 1.91. The van der Waals surface area contributed by atoms with Crippen molar-refractivity contribution in [1.82, 2.24) is 14.6 Å². The van der Waals surface area contributed by atoms with Gasteiger partial charge in [-0.05, 0) is 12.1 Å². The van der Waals surface area contributed by atoms with Gasteiger partial charge in [0.05, 0.1) is 5.52 Å². The molecule has 2 heterocycles. The minimum absolute atomic E-state index is 0.199. The van der Waals surface area contributed by atoms with Crippen molar-refractivity contribution < 1.29 is 0 Å². The molecule has 0 saturated heterocycles. The maximum Gasteiger partial charge on any atom is 0.346 e. The SMILES string of the molecule is O=c1[nH]cc2cccnn12. The molecule has 50 valence electrons. The summed E-state index contributed by atoms with van der Waals surface area (Å²) in [7, 11) is 0. The molecule has 0 aromatic carbocycles. The molecular formula is C6H5N3O. The average molecular weight is 135 g/mol. The van der Waals surface area contributed by atoms with E-state index in [1.807, 2.05) is 6.07 Å². The van der Waals surface area contributed by atoms with Crippen LogP contribution in [0.4, 0.5) is 0 Å². The molecular weight excluding hydrogens is 130 g/mol. The van der Waals surface area contributed by atoms with Crippen LogP contribution in [0, 0.1) is 0 Å². The molecule has 0 unspecified atom stereocenters. The Kier molecular flexibility index (Phi) is 0.887. The van der Waals surface area contributed by atoms with Crippen LogP contribution in [0.3, 0.4) is 0 Å².